The van der Waals surface area contributed by atoms with Crippen molar-refractivity contribution in [1.29, 1.82) is 0 Å². The molecule has 3 rings (SSSR count). The summed E-state index contributed by atoms with van der Waals surface area (Å²) in [7, 11) is 0. The molecule has 1 aliphatic carbocycles. The van der Waals surface area contributed by atoms with Crippen LogP contribution in [0.15, 0.2) is 0 Å². The minimum atomic E-state index is 0.0655. The highest BCUT2D eigenvalue weighted by Gasteiger charge is 2.37. The van der Waals surface area contributed by atoms with Gasteiger partial charge in [-0.15, -0.1) is 0 Å². The minimum Gasteiger partial charge on any atom is -0.371 e. The summed E-state index contributed by atoms with van der Waals surface area (Å²) >= 11 is 0. The van der Waals surface area contributed by atoms with Crippen molar-refractivity contribution in [3.63, 3.8) is 0 Å². The quantitative estimate of drug-likeness (QED) is 0.605. The van der Waals surface area contributed by atoms with Gasteiger partial charge >= 0.3 is 0 Å². The van der Waals surface area contributed by atoms with E-state index in [2.05, 4.69) is 0 Å². The molecule has 0 aromatic heterocycles. The van der Waals surface area contributed by atoms with Crippen LogP contribution in [0.1, 0.15) is 12.8 Å². The molecule has 3 fully saturated rings. The second-order valence-electron chi connectivity index (χ2n) is 4.83. The summed E-state index contributed by atoms with van der Waals surface area (Å²) < 4.78 is 5.11. The van der Waals surface area contributed by atoms with Crippen molar-refractivity contribution in [1.82, 2.24) is 9.80 Å². The standard InChI is InChI=1S/C11H16N2O3/c14-10-6-13(11(15)8-1-2-8)4-3-12(10)5-9-7-16-9/h8-9H,1-7H2/t9-/m0/s1. The SMILES string of the molecule is O=C1CN(C(=O)C2CC2)CCN1C[C@H]1CO1. The van der Waals surface area contributed by atoms with Crippen molar-refractivity contribution in [2.24, 2.45) is 5.92 Å². The molecular formula is C11H16N2O3. The number of hydrogen-bond donors (Lipinski definition) is 0. The predicted molar refractivity (Wildman–Crippen MR) is 55.6 cm³/mol. The normalized spacial score (nSPS) is 29.5. The van der Waals surface area contributed by atoms with Crippen LogP contribution in [0.25, 0.3) is 0 Å². The molecule has 0 spiro atoms. The second kappa shape index (κ2) is 3.73. The number of epoxide rings is 1. The molecule has 88 valence electrons. The van der Waals surface area contributed by atoms with E-state index in [9.17, 15) is 9.59 Å². The van der Waals surface area contributed by atoms with Crippen LogP contribution in [-0.2, 0) is 14.3 Å². The van der Waals surface area contributed by atoms with Crippen LogP contribution in [0.5, 0.6) is 0 Å². The van der Waals surface area contributed by atoms with Gasteiger partial charge in [-0.2, -0.15) is 0 Å². The summed E-state index contributed by atoms with van der Waals surface area (Å²) in [5, 5.41) is 0. The van der Waals surface area contributed by atoms with Gasteiger partial charge in [0, 0.05) is 25.6 Å². The third-order valence-corrected chi connectivity index (χ3v) is 3.38. The third-order valence-electron chi connectivity index (χ3n) is 3.38. The van der Waals surface area contributed by atoms with Crippen LogP contribution in [-0.4, -0.2) is 60.5 Å². The van der Waals surface area contributed by atoms with Gasteiger partial charge in [-0.05, 0) is 12.8 Å². The van der Waals surface area contributed by atoms with Gasteiger partial charge in [-0.3, -0.25) is 9.59 Å². The van der Waals surface area contributed by atoms with E-state index in [1.54, 1.807) is 4.90 Å². The van der Waals surface area contributed by atoms with Crippen LogP contribution < -0.4 is 0 Å². The van der Waals surface area contributed by atoms with E-state index in [-0.39, 0.29) is 30.4 Å². The fourth-order valence-corrected chi connectivity index (χ4v) is 2.10. The number of amides is 2. The Hall–Kier alpha value is -1.10. The van der Waals surface area contributed by atoms with Crippen LogP contribution in [0.3, 0.4) is 0 Å². The lowest BCUT2D eigenvalue weighted by molar-refractivity contribution is -0.146. The molecule has 1 atom stereocenters. The Bertz CT molecular complexity index is 323. The van der Waals surface area contributed by atoms with E-state index in [4.69, 9.17) is 4.74 Å². The Balaban J connectivity index is 1.54. The van der Waals surface area contributed by atoms with Gasteiger partial charge in [0.15, 0.2) is 0 Å². The van der Waals surface area contributed by atoms with Crippen LogP contribution in [0.2, 0.25) is 0 Å². The van der Waals surface area contributed by atoms with Gasteiger partial charge < -0.3 is 14.5 Å². The van der Waals surface area contributed by atoms with Crippen molar-refractivity contribution >= 4 is 11.8 Å². The van der Waals surface area contributed by atoms with E-state index in [1.807, 2.05) is 4.90 Å². The molecule has 0 aromatic carbocycles. The van der Waals surface area contributed by atoms with E-state index < -0.39 is 0 Å². The summed E-state index contributed by atoms with van der Waals surface area (Å²) in [5.74, 6) is 0.456. The second-order valence-corrected chi connectivity index (χ2v) is 4.83. The lowest BCUT2D eigenvalue weighted by atomic mass is 10.2. The first-order chi connectivity index (χ1) is 7.74. The molecule has 5 nitrogen and oxygen atoms in total. The van der Waals surface area contributed by atoms with Crippen molar-refractivity contribution in [3.8, 4) is 0 Å². The molecule has 3 aliphatic rings. The highest BCUT2D eigenvalue weighted by atomic mass is 16.6. The van der Waals surface area contributed by atoms with Gasteiger partial charge in [0.1, 0.15) is 0 Å². The van der Waals surface area contributed by atoms with Crippen LogP contribution in [0.4, 0.5) is 0 Å². The highest BCUT2D eigenvalue weighted by molar-refractivity contribution is 5.88. The molecule has 0 aromatic rings. The van der Waals surface area contributed by atoms with E-state index in [0.717, 1.165) is 19.4 Å². The largest absolute Gasteiger partial charge is 0.371 e. The zero-order valence-corrected chi connectivity index (χ0v) is 9.22. The summed E-state index contributed by atoms with van der Waals surface area (Å²) in [6, 6.07) is 0. The molecular weight excluding hydrogens is 208 g/mol. The van der Waals surface area contributed by atoms with Gasteiger partial charge in [-0.25, -0.2) is 0 Å². The van der Waals surface area contributed by atoms with Crippen molar-refractivity contribution in [2.45, 2.75) is 18.9 Å². The maximum absolute atomic E-state index is 11.8. The van der Waals surface area contributed by atoms with Gasteiger partial charge in [-0.1, -0.05) is 0 Å². The fourth-order valence-electron chi connectivity index (χ4n) is 2.10. The molecule has 0 radical (unpaired) electrons. The van der Waals surface area contributed by atoms with E-state index in [0.29, 0.717) is 19.6 Å². The first kappa shape index (κ1) is 10.1. The molecule has 2 aliphatic heterocycles. The van der Waals surface area contributed by atoms with Crippen LogP contribution in [0, 0.1) is 5.92 Å². The number of hydrogen-bond acceptors (Lipinski definition) is 3. The zero-order valence-electron chi connectivity index (χ0n) is 9.22. The molecule has 16 heavy (non-hydrogen) atoms. The first-order valence-corrected chi connectivity index (χ1v) is 5.92. The maximum Gasteiger partial charge on any atom is 0.242 e. The fraction of sp³-hybridized carbons (Fsp3) is 0.818. The molecule has 0 N–H and O–H groups in total. The van der Waals surface area contributed by atoms with Gasteiger partial charge in [0.2, 0.25) is 11.8 Å². The van der Waals surface area contributed by atoms with Gasteiger partial charge in [0.25, 0.3) is 0 Å². The minimum absolute atomic E-state index is 0.0655. The number of rotatable bonds is 3. The molecule has 0 bridgehead atoms. The molecule has 2 amide bonds. The summed E-state index contributed by atoms with van der Waals surface area (Å²) in [6.07, 6.45) is 2.25. The summed E-state index contributed by atoms with van der Waals surface area (Å²) in [6.45, 7) is 3.09. The Morgan fingerprint density at radius 2 is 2.12 bits per heavy atom. The molecule has 1 saturated carbocycles. The Labute approximate surface area is 94.3 Å². The smallest absolute Gasteiger partial charge is 0.242 e. The average Bonchev–Trinajstić information content (AvgIpc) is 3.14. The van der Waals surface area contributed by atoms with Gasteiger partial charge in [0.05, 0.1) is 19.3 Å². The molecule has 0 unspecified atom stereocenters. The molecule has 2 saturated heterocycles. The third kappa shape index (κ3) is 2.04. The molecule has 5 heteroatoms. The van der Waals surface area contributed by atoms with Crippen molar-refractivity contribution in [3.05, 3.63) is 0 Å². The number of piperazine rings is 1. The summed E-state index contributed by atoms with van der Waals surface area (Å²) in [5.41, 5.74) is 0. The number of ether oxygens (including phenoxy) is 1. The predicted octanol–water partition coefficient (Wildman–Crippen LogP) is -0.534. The average molecular weight is 224 g/mol. The van der Waals surface area contributed by atoms with Crippen molar-refractivity contribution in [2.75, 3.05) is 32.8 Å². The maximum atomic E-state index is 11.8. The van der Waals surface area contributed by atoms with Crippen LogP contribution >= 0.6 is 0 Å². The topological polar surface area (TPSA) is 53.2 Å². The number of carbonyl (C=O) groups excluding carboxylic acids is 2. The first-order valence-electron chi connectivity index (χ1n) is 5.92. The lowest BCUT2D eigenvalue weighted by Crippen LogP contribution is -2.53. The Morgan fingerprint density at radius 3 is 2.69 bits per heavy atom. The number of nitrogens with zero attached hydrogens (tertiary/aromatic N) is 2. The molecule has 2 heterocycles. The van der Waals surface area contributed by atoms with E-state index >= 15 is 0 Å². The monoisotopic (exact) mass is 224 g/mol. The highest BCUT2D eigenvalue weighted by Crippen LogP contribution is 2.31. The number of carbonyl (C=O) groups is 2. The van der Waals surface area contributed by atoms with E-state index in [1.165, 1.54) is 0 Å². The lowest BCUT2D eigenvalue weighted by Gasteiger charge is -2.34. The van der Waals surface area contributed by atoms with Crippen molar-refractivity contribution < 1.29 is 14.3 Å². The summed E-state index contributed by atoms with van der Waals surface area (Å²) in [4.78, 5) is 27.1. The zero-order chi connectivity index (χ0) is 11.1. The Kier molecular flexibility index (Phi) is 2.35. The Morgan fingerprint density at radius 1 is 1.38 bits per heavy atom.